The standard InChI is InChI=1S/C9H8ClFN2O2S/c1-2-3-13-16(14,15)9-5-8(12)7(11)4-6(9)10/h1,4-5,13H,3,12H2. The van der Waals surface area contributed by atoms with Crippen molar-refractivity contribution in [2.75, 3.05) is 12.3 Å². The predicted octanol–water partition coefficient (Wildman–Crippen LogP) is 0.973. The Kier molecular flexibility index (Phi) is 3.75. The number of hydrogen-bond acceptors (Lipinski definition) is 3. The number of terminal acetylenes is 1. The molecule has 0 atom stereocenters. The minimum absolute atomic E-state index is 0.185. The van der Waals surface area contributed by atoms with Crippen LogP contribution in [0.25, 0.3) is 0 Å². The molecule has 0 bridgehead atoms. The van der Waals surface area contributed by atoms with Gasteiger partial charge in [0.1, 0.15) is 10.7 Å². The van der Waals surface area contributed by atoms with Crippen molar-refractivity contribution in [3.05, 3.63) is 23.0 Å². The molecular weight excluding hydrogens is 255 g/mol. The lowest BCUT2D eigenvalue weighted by atomic mass is 10.3. The van der Waals surface area contributed by atoms with E-state index in [1.54, 1.807) is 0 Å². The van der Waals surface area contributed by atoms with E-state index in [4.69, 9.17) is 23.8 Å². The zero-order chi connectivity index (χ0) is 12.3. The average Bonchev–Trinajstić information content (AvgIpc) is 2.20. The van der Waals surface area contributed by atoms with Crippen molar-refractivity contribution in [1.29, 1.82) is 0 Å². The molecule has 0 radical (unpaired) electrons. The molecule has 0 heterocycles. The Morgan fingerprint density at radius 1 is 1.56 bits per heavy atom. The highest BCUT2D eigenvalue weighted by Gasteiger charge is 2.19. The lowest BCUT2D eigenvalue weighted by Gasteiger charge is -2.07. The molecule has 0 saturated heterocycles. The van der Waals surface area contributed by atoms with Gasteiger partial charge in [-0.1, -0.05) is 17.5 Å². The molecule has 1 aromatic rings. The number of nitrogen functional groups attached to an aromatic ring is 1. The van der Waals surface area contributed by atoms with E-state index in [1.165, 1.54) is 0 Å². The number of nitrogens with two attached hydrogens (primary N) is 1. The molecule has 0 saturated carbocycles. The second kappa shape index (κ2) is 4.70. The van der Waals surface area contributed by atoms with Gasteiger partial charge in [0.25, 0.3) is 0 Å². The fraction of sp³-hybridized carbons (Fsp3) is 0.111. The van der Waals surface area contributed by atoms with Gasteiger partial charge in [0.15, 0.2) is 0 Å². The van der Waals surface area contributed by atoms with E-state index in [0.717, 1.165) is 12.1 Å². The average molecular weight is 263 g/mol. The maximum absolute atomic E-state index is 12.9. The number of nitrogens with one attached hydrogen (secondary N) is 1. The van der Waals surface area contributed by atoms with Gasteiger partial charge in [-0.3, -0.25) is 0 Å². The number of rotatable bonds is 3. The minimum Gasteiger partial charge on any atom is -0.396 e. The Bertz CT molecular complexity index is 551. The lowest BCUT2D eigenvalue weighted by Crippen LogP contribution is -2.24. The van der Waals surface area contributed by atoms with E-state index in [9.17, 15) is 12.8 Å². The maximum Gasteiger partial charge on any atom is 0.243 e. The van der Waals surface area contributed by atoms with Crippen LogP contribution in [0.5, 0.6) is 0 Å². The van der Waals surface area contributed by atoms with Crippen LogP contribution in [0.2, 0.25) is 5.02 Å². The van der Waals surface area contributed by atoms with Gasteiger partial charge in [0.05, 0.1) is 17.3 Å². The highest BCUT2D eigenvalue weighted by atomic mass is 35.5. The van der Waals surface area contributed by atoms with Gasteiger partial charge in [-0.2, -0.15) is 4.72 Å². The minimum atomic E-state index is -3.86. The summed E-state index contributed by atoms with van der Waals surface area (Å²) in [5, 5.41) is -0.253. The van der Waals surface area contributed by atoms with E-state index >= 15 is 0 Å². The number of hydrogen-bond donors (Lipinski definition) is 2. The van der Waals surface area contributed by atoms with Crippen molar-refractivity contribution in [2.24, 2.45) is 0 Å². The molecule has 0 aliphatic heterocycles. The van der Waals surface area contributed by atoms with Crippen LogP contribution in [0.15, 0.2) is 17.0 Å². The maximum atomic E-state index is 12.9. The summed E-state index contributed by atoms with van der Waals surface area (Å²) < 4.78 is 38.2. The van der Waals surface area contributed by atoms with Crippen LogP contribution in [-0.2, 0) is 10.0 Å². The van der Waals surface area contributed by atoms with Gasteiger partial charge in [-0.15, -0.1) is 6.42 Å². The third-order valence-corrected chi connectivity index (χ3v) is 3.57. The monoisotopic (exact) mass is 262 g/mol. The summed E-state index contributed by atoms with van der Waals surface area (Å²) in [4.78, 5) is -0.302. The molecule has 0 unspecified atom stereocenters. The fourth-order valence-corrected chi connectivity index (χ4v) is 2.45. The summed E-state index contributed by atoms with van der Waals surface area (Å²) in [6.45, 7) is -0.185. The van der Waals surface area contributed by atoms with Crippen LogP contribution in [0.1, 0.15) is 0 Å². The molecule has 0 aromatic heterocycles. The Labute approximate surface area is 97.6 Å². The number of anilines is 1. The summed E-state index contributed by atoms with van der Waals surface area (Å²) in [6.07, 6.45) is 4.91. The van der Waals surface area contributed by atoms with Crippen molar-refractivity contribution in [3.63, 3.8) is 0 Å². The zero-order valence-corrected chi connectivity index (χ0v) is 9.57. The molecule has 4 nitrogen and oxygen atoms in total. The molecule has 0 amide bonds. The molecular formula is C9H8ClFN2O2S. The van der Waals surface area contributed by atoms with E-state index < -0.39 is 15.8 Å². The smallest absolute Gasteiger partial charge is 0.243 e. The third kappa shape index (κ3) is 2.64. The summed E-state index contributed by atoms with van der Waals surface area (Å²) in [5.41, 5.74) is 4.95. The topological polar surface area (TPSA) is 72.2 Å². The second-order valence-corrected chi connectivity index (χ2v) is 4.98. The van der Waals surface area contributed by atoms with Crippen molar-refractivity contribution in [3.8, 4) is 12.3 Å². The first-order valence-corrected chi connectivity index (χ1v) is 5.92. The van der Waals surface area contributed by atoms with Gasteiger partial charge < -0.3 is 5.73 Å². The van der Waals surface area contributed by atoms with E-state index in [-0.39, 0.29) is 22.2 Å². The van der Waals surface area contributed by atoms with Gasteiger partial charge >= 0.3 is 0 Å². The first-order valence-electron chi connectivity index (χ1n) is 4.06. The number of benzene rings is 1. The molecule has 1 rings (SSSR count). The van der Waals surface area contributed by atoms with Crippen LogP contribution < -0.4 is 10.5 Å². The largest absolute Gasteiger partial charge is 0.396 e. The van der Waals surface area contributed by atoms with Crippen molar-refractivity contribution in [2.45, 2.75) is 4.90 Å². The van der Waals surface area contributed by atoms with E-state index in [1.807, 2.05) is 0 Å². The summed E-state index contributed by atoms with van der Waals surface area (Å²) in [5.74, 6) is 1.32. The molecule has 0 aliphatic rings. The van der Waals surface area contributed by atoms with Gasteiger partial charge in [-0.05, 0) is 12.1 Å². The first-order chi connectivity index (χ1) is 7.38. The molecule has 0 spiro atoms. The Balaban J connectivity index is 3.24. The predicted molar refractivity (Wildman–Crippen MR) is 59.8 cm³/mol. The molecule has 16 heavy (non-hydrogen) atoms. The first kappa shape index (κ1) is 12.8. The lowest BCUT2D eigenvalue weighted by molar-refractivity contribution is 0.585. The van der Waals surface area contributed by atoms with Gasteiger partial charge in [0.2, 0.25) is 10.0 Å². The second-order valence-electron chi connectivity index (χ2n) is 2.83. The van der Waals surface area contributed by atoms with Crippen molar-refractivity contribution >= 4 is 27.3 Å². The third-order valence-electron chi connectivity index (χ3n) is 1.70. The molecule has 0 fully saturated rings. The van der Waals surface area contributed by atoms with Crippen molar-refractivity contribution < 1.29 is 12.8 Å². The highest BCUT2D eigenvalue weighted by molar-refractivity contribution is 7.89. The zero-order valence-electron chi connectivity index (χ0n) is 8.00. The van der Waals surface area contributed by atoms with Gasteiger partial charge in [0, 0.05) is 0 Å². The summed E-state index contributed by atoms with van der Waals surface area (Å²) in [7, 11) is -3.86. The number of sulfonamides is 1. The van der Waals surface area contributed by atoms with E-state index in [2.05, 4.69) is 10.6 Å². The highest BCUT2D eigenvalue weighted by Crippen LogP contribution is 2.25. The Morgan fingerprint density at radius 3 is 2.75 bits per heavy atom. The normalized spacial score (nSPS) is 11.1. The Hall–Kier alpha value is -1.29. The SMILES string of the molecule is C#CCNS(=O)(=O)c1cc(N)c(F)cc1Cl. The molecule has 7 heteroatoms. The van der Waals surface area contributed by atoms with Crippen LogP contribution in [-0.4, -0.2) is 15.0 Å². The molecule has 86 valence electrons. The van der Waals surface area contributed by atoms with Gasteiger partial charge in [-0.25, -0.2) is 12.8 Å². The quantitative estimate of drug-likeness (QED) is 0.630. The van der Waals surface area contributed by atoms with Crippen LogP contribution in [0.3, 0.4) is 0 Å². The fourth-order valence-electron chi connectivity index (χ4n) is 0.965. The van der Waals surface area contributed by atoms with Crippen LogP contribution in [0, 0.1) is 18.2 Å². The number of halogens is 2. The molecule has 3 N–H and O–H groups in total. The molecule has 0 aliphatic carbocycles. The summed E-state index contributed by atoms with van der Waals surface area (Å²) in [6, 6.07) is 1.78. The van der Waals surface area contributed by atoms with E-state index in [0.29, 0.717) is 0 Å². The summed E-state index contributed by atoms with van der Waals surface area (Å²) >= 11 is 5.60. The van der Waals surface area contributed by atoms with Crippen LogP contribution in [0.4, 0.5) is 10.1 Å². The van der Waals surface area contributed by atoms with Crippen LogP contribution >= 0.6 is 11.6 Å². The Morgan fingerprint density at radius 2 is 2.19 bits per heavy atom. The van der Waals surface area contributed by atoms with Crippen molar-refractivity contribution in [1.82, 2.24) is 4.72 Å². The molecule has 1 aromatic carbocycles.